The molecule has 1 aromatic heterocycles. The summed E-state index contributed by atoms with van der Waals surface area (Å²) in [7, 11) is 0. The normalized spacial score (nSPS) is 13.7. The summed E-state index contributed by atoms with van der Waals surface area (Å²) >= 11 is 0. The second-order valence-electron chi connectivity index (χ2n) is 4.22. The maximum absolute atomic E-state index is 11.5. The van der Waals surface area contributed by atoms with E-state index < -0.39 is 6.04 Å². The molecular formula is C9H15N3O2. The molecule has 14 heavy (non-hydrogen) atoms. The first kappa shape index (κ1) is 10.7. The quantitative estimate of drug-likeness (QED) is 0.740. The molecule has 1 atom stereocenters. The number of hydrogen-bond acceptors (Lipinski definition) is 4. The van der Waals surface area contributed by atoms with Gasteiger partial charge in [-0.05, 0) is 5.41 Å². The topological polar surface area (TPSA) is 81.2 Å². The molecule has 0 aliphatic heterocycles. The van der Waals surface area contributed by atoms with E-state index in [9.17, 15) is 4.79 Å². The number of hydrogen-bond donors (Lipinski definition) is 2. The van der Waals surface area contributed by atoms with E-state index in [2.05, 4.69) is 15.0 Å². The number of carbonyl (C=O) groups excluding carboxylic acids is 1. The van der Waals surface area contributed by atoms with Crippen molar-refractivity contribution in [3.8, 4) is 0 Å². The van der Waals surface area contributed by atoms with E-state index in [-0.39, 0.29) is 11.3 Å². The SMILES string of the molecule is CC(C)(C)[C@H](N)C(=O)Nc1ccon1. The molecule has 0 aromatic carbocycles. The molecule has 0 aliphatic rings. The molecule has 1 heterocycles. The number of nitrogens with two attached hydrogens (primary N) is 1. The van der Waals surface area contributed by atoms with Crippen LogP contribution in [0.3, 0.4) is 0 Å². The molecule has 1 rings (SSSR count). The van der Waals surface area contributed by atoms with Crippen molar-refractivity contribution in [3.05, 3.63) is 12.3 Å². The third kappa shape index (κ3) is 2.56. The van der Waals surface area contributed by atoms with Crippen molar-refractivity contribution in [2.45, 2.75) is 26.8 Å². The standard InChI is InChI=1S/C9H15N3O2/c1-9(2,3)7(10)8(13)11-6-4-5-14-12-6/h4-5,7H,10H2,1-3H3,(H,11,12,13)/t7-/m1/s1. The third-order valence-corrected chi connectivity index (χ3v) is 1.90. The van der Waals surface area contributed by atoms with Gasteiger partial charge in [-0.2, -0.15) is 0 Å². The Morgan fingerprint density at radius 2 is 2.29 bits per heavy atom. The first-order chi connectivity index (χ1) is 6.41. The predicted molar refractivity (Wildman–Crippen MR) is 52.6 cm³/mol. The number of carbonyl (C=O) groups is 1. The Morgan fingerprint density at radius 1 is 1.64 bits per heavy atom. The highest BCUT2D eigenvalue weighted by Crippen LogP contribution is 2.18. The van der Waals surface area contributed by atoms with Gasteiger partial charge >= 0.3 is 0 Å². The minimum atomic E-state index is -0.570. The van der Waals surface area contributed by atoms with E-state index in [0.29, 0.717) is 5.82 Å². The lowest BCUT2D eigenvalue weighted by atomic mass is 9.87. The summed E-state index contributed by atoms with van der Waals surface area (Å²) in [5, 5.41) is 6.12. The lowest BCUT2D eigenvalue weighted by molar-refractivity contribution is -0.119. The Bertz CT molecular complexity index is 300. The average Bonchev–Trinajstić information content (AvgIpc) is 2.53. The first-order valence-electron chi connectivity index (χ1n) is 4.38. The molecular weight excluding hydrogens is 182 g/mol. The van der Waals surface area contributed by atoms with Crippen molar-refractivity contribution in [1.29, 1.82) is 0 Å². The van der Waals surface area contributed by atoms with Crippen LogP contribution in [0.1, 0.15) is 20.8 Å². The summed E-state index contributed by atoms with van der Waals surface area (Å²) in [5.41, 5.74) is 5.47. The molecule has 0 unspecified atom stereocenters. The van der Waals surface area contributed by atoms with Crippen molar-refractivity contribution in [3.63, 3.8) is 0 Å². The van der Waals surface area contributed by atoms with Gasteiger partial charge in [0.1, 0.15) is 6.26 Å². The van der Waals surface area contributed by atoms with Gasteiger partial charge in [0.25, 0.3) is 0 Å². The van der Waals surface area contributed by atoms with E-state index in [1.54, 1.807) is 6.07 Å². The molecule has 78 valence electrons. The number of nitrogens with zero attached hydrogens (tertiary/aromatic N) is 1. The second-order valence-corrected chi connectivity index (χ2v) is 4.22. The fraction of sp³-hybridized carbons (Fsp3) is 0.556. The predicted octanol–water partition coefficient (Wildman–Crippen LogP) is 0.987. The van der Waals surface area contributed by atoms with E-state index in [1.807, 2.05) is 20.8 Å². The van der Waals surface area contributed by atoms with Crippen LogP contribution in [0, 0.1) is 5.41 Å². The lowest BCUT2D eigenvalue weighted by Gasteiger charge is -2.25. The van der Waals surface area contributed by atoms with Crippen LogP contribution in [-0.2, 0) is 4.79 Å². The Balaban J connectivity index is 2.59. The van der Waals surface area contributed by atoms with Crippen LogP contribution in [0.5, 0.6) is 0 Å². The molecule has 3 N–H and O–H groups in total. The van der Waals surface area contributed by atoms with E-state index >= 15 is 0 Å². The Kier molecular flexibility index (Phi) is 2.90. The van der Waals surface area contributed by atoms with Crippen LogP contribution in [-0.4, -0.2) is 17.1 Å². The molecule has 0 bridgehead atoms. The molecule has 5 heteroatoms. The van der Waals surface area contributed by atoms with Crippen molar-refractivity contribution in [1.82, 2.24) is 5.16 Å². The van der Waals surface area contributed by atoms with Gasteiger partial charge in [-0.3, -0.25) is 4.79 Å². The Labute approximate surface area is 82.6 Å². The van der Waals surface area contributed by atoms with Gasteiger partial charge in [0.2, 0.25) is 5.91 Å². The molecule has 0 saturated heterocycles. The van der Waals surface area contributed by atoms with Gasteiger partial charge in [0.15, 0.2) is 5.82 Å². The van der Waals surface area contributed by atoms with Crippen LogP contribution >= 0.6 is 0 Å². The van der Waals surface area contributed by atoms with Crippen LogP contribution in [0.25, 0.3) is 0 Å². The maximum atomic E-state index is 11.5. The number of nitrogens with one attached hydrogen (secondary N) is 1. The fourth-order valence-electron chi connectivity index (χ4n) is 0.874. The number of aromatic nitrogens is 1. The zero-order chi connectivity index (χ0) is 10.8. The zero-order valence-corrected chi connectivity index (χ0v) is 8.57. The highest BCUT2D eigenvalue weighted by Gasteiger charge is 2.27. The summed E-state index contributed by atoms with van der Waals surface area (Å²) in [6, 6.07) is 0.993. The molecule has 5 nitrogen and oxygen atoms in total. The van der Waals surface area contributed by atoms with Crippen molar-refractivity contribution < 1.29 is 9.32 Å². The molecule has 0 spiro atoms. The van der Waals surface area contributed by atoms with E-state index in [0.717, 1.165) is 0 Å². The van der Waals surface area contributed by atoms with Gasteiger partial charge in [-0.1, -0.05) is 25.9 Å². The number of rotatable bonds is 2. The third-order valence-electron chi connectivity index (χ3n) is 1.90. The van der Waals surface area contributed by atoms with Gasteiger partial charge in [0, 0.05) is 6.07 Å². The molecule has 0 aliphatic carbocycles. The Hall–Kier alpha value is -1.36. The van der Waals surface area contributed by atoms with E-state index in [1.165, 1.54) is 6.26 Å². The van der Waals surface area contributed by atoms with Gasteiger partial charge in [-0.15, -0.1) is 0 Å². The smallest absolute Gasteiger partial charge is 0.243 e. The summed E-state index contributed by atoms with van der Waals surface area (Å²) in [5.74, 6) is 0.126. The lowest BCUT2D eigenvalue weighted by Crippen LogP contribution is -2.45. The summed E-state index contributed by atoms with van der Waals surface area (Å²) in [6.07, 6.45) is 1.39. The van der Waals surface area contributed by atoms with Gasteiger partial charge in [0.05, 0.1) is 6.04 Å². The van der Waals surface area contributed by atoms with Gasteiger partial charge in [-0.25, -0.2) is 0 Å². The van der Waals surface area contributed by atoms with Crippen molar-refractivity contribution >= 4 is 11.7 Å². The zero-order valence-electron chi connectivity index (χ0n) is 8.57. The highest BCUT2D eigenvalue weighted by atomic mass is 16.5. The van der Waals surface area contributed by atoms with Crippen LogP contribution in [0.2, 0.25) is 0 Å². The Morgan fingerprint density at radius 3 is 2.71 bits per heavy atom. The fourth-order valence-corrected chi connectivity index (χ4v) is 0.874. The monoisotopic (exact) mass is 197 g/mol. The molecule has 1 aromatic rings. The number of amides is 1. The minimum Gasteiger partial charge on any atom is -0.363 e. The maximum Gasteiger partial charge on any atom is 0.243 e. The molecule has 0 fully saturated rings. The largest absolute Gasteiger partial charge is 0.363 e. The first-order valence-corrected chi connectivity index (χ1v) is 4.38. The molecule has 1 amide bonds. The second kappa shape index (κ2) is 3.79. The highest BCUT2D eigenvalue weighted by molar-refractivity contribution is 5.94. The van der Waals surface area contributed by atoms with Crippen LogP contribution < -0.4 is 11.1 Å². The minimum absolute atomic E-state index is 0.258. The number of anilines is 1. The summed E-state index contributed by atoms with van der Waals surface area (Å²) < 4.78 is 4.58. The van der Waals surface area contributed by atoms with Gasteiger partial charge < -0.3 is 15.6 Å². The van der Waals surface area contributed by atoms with Crippen LogP contribution in [0.15, 0.2) is 16.9 Å². The summed E-state index contributed by atoms with van der Waals surface area (Å²) in [4.78, 5) is 11.5. The van der Waals surface area contributed by atoms with Crippen molar-refractivity contribution in [2.24, 2.45) is 11.1 Å². The van der Waals surface area contributed by atoms with Crippen LogP contribution in [0.4, 0.5) is 5.82 Å². The molecule has 0 radical (unpaired) electrons. The summed E-state index contributed by atoms with van der Waals surface area (Å²) in [6.45, 7) is 5.71. The average molecular weight is 197 g/mol. The van der Waals surface area contributed by atoms with E-state index in [4.69, 9.17) is 5.73 Å². The molecule has 0 saturated carbocycles. The van der Waals surface area contributed by atoms with Crippen molar-refractivity contribution in [2.75, 3.05) is 5.32 Å².